The van der Waals surface area contributed by atoms with Crippen LogP contribution in [0.5, 0.6) is 34.5 Å². The van der Waals surface area contributed by atoms with Crippen LogP contribution in [0.3, 0.4) is 0 Å². The Hall–Kier alpha value is -2.84. The Morgan fingerprint density at radius 1 is 0.844 bits per heavy atom. The summed E-state index contributed by atoms with van der Waals surface area (Å²) in [4.78, 5) is 2.35. The van der Waals surface area contributed by atoms with Gasteiger partial charge in [-0.1, -0.05) is 13.0 Å². The first kappa shape index (κ1) is 21.0. The number of fused-ring (bicyclic) bond motifs is 2. The van der Waals surface area contributed by atoms with Gasteiger partial charge in [0.1, 0.15) is 5.75 Å². The molecule has 32 heavy (non-hydrogen) atoms. The molecule has 0 bridgehead atoms. The Balaban J connectivity index is 1.66. The van der Waals surface area contributed by atoms with Gasteiger partial charge in [0.05, 0.1) is 34.5 Å². The predicted molar refractivity (Wildman–Crippen MR) is 116 cm³/mol. The van der Waals surface area contributed by atoms with Crippen molar-refractivity contribution in [1.29, 1.82) is 0 Å². The van der Waals surface area contributed by atoms with E-state index in [-0.39, 0.29) is 24.9 Å². The van der Waals surface area contributed by atoms with Gasteiger partial charge in [0.15, 0.2) is 29.2 Å². The third kappa shape index (κ3) is 3.38. The number of nitrogens with zero attached hydrogens (tertiary/aromatic N) is 1. The van der Waals surface area contributed by atoms with Crippen molar-refractivity contribution < 1.29 is 33.2 Å². The van der Waals surface area contributed by atoms with E-state index in [0.29, 0.717) is 36.2 Å². The van der Waals surface area contributed by atoms with Gasteiger partial charge in [-0.05, 0) is 12.1 Å². The second-order valence-electron chi connectivity index (χ2n) is 8.16. The molecule has 3 atom stereocenters. The summed E-state index contributed by atoms with van der Waals surface area (Å²) < 4.78 is 40.5. The molecular formula is C24H29NO7. The maximum Gasteiger partial charge on any atom is 0.231 e. The Labute approximate surface area is 187 Å². The molecule has 0 N–H and O–H groups in total. The fraction of sp³-hybridized carbons (Fsp3) is 0.500. The zero-order chi connectivity index (χ0) is 22.2. The van der Waals surface area contributed by atoms with Crippen LogP contribution in [0, 0.1) is 5.92 Å². The molecule has 1 saturated heterocycles. The van der Waals surface area contributed by atoms with Gasteiger partial charge in [0, 0.05) is 42.1 Å². The summed E-state index contributed by atoms with van der Waals surface area (Å²) in [6.07, 6.45) is -0.116. The number of methoxy groups -OCH3 is 3. The summed E-state index contributed by atoms with van der Waals surface area (Å²) in [5, 5.41) is 0. The SMILES string of the molecule is COc1ccc([C@H]2c3cc4c(cc3O[C@H](N3CCOCC3)[C@H]2C)OCO4)c(OC)c1OC. The number of ether oxygens (including phenoxy) is 7. The van der Waals surface area contributed by atoms with Crippen LogP contribution in [0.1, 0.15) is 24.0 Å². The maximum atomic E-state index is 6.57. The fourth-order valence-electron chi connectivity index (χ4n) is 5.03. The minimum Gasteiger partial charge on any atom is -0.493 e. The third-order valence-corrected chi connectivity index (χ3v) is 6.54. The molecule has 0 amide bonds. The number of morpholine rings is 1. The molecule has 3 aliphatic rings. The lowest BCUT2D eigenvalue weighted by Crippen LogP contribution is -2.52. The summed E-state index contributed by atoms with van der Waals surface area (Å²) in [6, 6.07) is 7.95. The Morgan fingerprint density at radius 2 is 1.56 bits per heavy atom. The summed E-state index contributed by atoms with van der Waals surface area (Å²) in [6.45, 7) is 5.48. The highest BCUT2D eigenvalue weighted by Crippen LogP contribution is 2.53. The summed E-state index contributed by atoms with van der Waals surface area (Å²) in [5.74, 6) is 4.20. The number of hydrogen-bond acceptors (Lipinski definition) is 8. The van der Waals surface area contributed by atoms with Crippen molar-refractivity contribution in [3.8, 4) is 34.5 Å². The smallest absolute Gasteiger partial charge is 0.231 e. The van der Waals surface area contributed by atoms with Gasteiger partial charge < -0.3 is 33.2 Å². The van der Waals surface area contributed by atoms with Gasteiger partial charge in [-0.3, -0.25) is 4.90 Å². The van der Waals surface area contributed by atoms with Crippen LogP contribution in [0.4, 0.5) is 0 Å². The lowest BCUT2D eigenvalue weighted by molar-refractivity contribution is -0.0785. The highest BCUT2D eigenvalue weighted by molar-refractivity contribution is 5.62. The van der Waals surface area contributed by atoms with Crippen molar-refractivity contribution in [2.45, 2.75) is 19.1 Å². The van der Waals surface area contributed by atoms with E-state index in [1.807, 2.05) is 18.2 Å². The average Bonchev–Trinajstić information content (AvgIpc) is 3.29. The lowest BCUT2D eigenvalue weighted by atomic mass is 9.77. The van der Waals surface area contributed by atoms with E-state index in [1.54, 1.807) is 21.3 Å². The Bertz CT molecular complexity index is 989. The second-order valence-corrected chi connectivity index (χ2v) is 8.16. The van der Waals surface area contributed by atoms with E-state index in [0.717, 1.165) is 35.7 Å². The molecule has 172 valence electrons. The van der Waals surface area contributed by atoms with E-state index >= 15 is 0 Å². The first-order valence-corrected chi connectivity index (χ1v) is 10.9. The van der Waals surface area contributed by atoms with Crippen molar-refractivity contribution in [2.75, 3.05) is 54.4 Å². The molecule has 0 spiro atoms. The van der Waals surface area contributed by atoms with Crippen LogP contribution in [0.2, 0.25) is 0 Å². The predicted octanol–water partition coefficient (Wildman–Crippen LogP) is 3.26. The number of benzene rings is 2. The number of hydrogen-bond donors (Lipinski definition) is 0. The molecule has 8 nitrogen and oxygen atoms in total. The normalized spacial score (nSPS) is 24.4. The summed E-state index contributed by atoms with van der Waals surface area (Å²) in [7, 11) is 4.91. The maximum absolute atomic E-state index is 6.57. The quantitative estimate of drug-likeness (QED) is 0.698. The molecule has 2 aromatic carbocycles. The molecule has 8 heteroatoms. The molecule has 1 fully saturated rings. The molecule has 0 unspecified atom stereocenters. The molecule has 0 aromatic heterocycles. The Kier molecular flexibility index (Phi) is 5.65. The van der Waals surface area contributed by atoms with E-state index in [1.165, 1.54) is 0 Å². The van der Waals surface area contributed by atoms with Crippen LogP contribution >= 0.6 is 0 Å². The van der Waals surface area contributed by atoms with Crippen LogP contribution < -0.4 is 28.4 Å². The molecule has 3 aliphatic heterocycles. The molecule has 0 radical (unpaired) electrons. The zero-order valence-electron chi connectivity index (χ0n) is 18.9. The van der Waals surface area contributed by atoms with E-state index in [9.17, 15) is 0 Å². The van der Waals surface area contributed by atoms with Crippen LogP contribution in [0.25, 0.3) is 0 Å². The highest BCUT2D eigenvalue weighted by atomic mass is 16.7. The van der Waals surface area contributed by atoms with Crippen LogP contribution in [-0.4, -0.2) is 65.6 Å². The second kappa shape index (κ2) is 8.60. The van der Waals surface area contributed by atoms with E-state index in [4.69, 9.17) is 33.2 Å². The minimum absolute atomic E-state index is 0.0177. The fourth-order valence-corrected chi connectivity index (χ4v) is 5.03. The highest BCUT2D eigenvalue weighted by Gasteiger charge is 2.42. The van der Waals surface area contributed by atoms with Gasteiger partial charge in [-0.2, -0.15) is 0 Å². The standard InChI is InChI=1S/C24H29NO7/c1-14-21(15-5-6-17(26-2)23(28-4)22(15)27-3)16-11-19-20(31-13-30-19)12-18(16)32-24(14)25-7-9-29-10-8-25/h5-6,11-12,14,21,24H,7-10,13H2,1-4H3/t14-,21-,24-/m0/s1. The van der Waals surface area contributed by atoms with Gasteiger partial charge in [0.2, 0.25) is 12.5 Å². The van der Waals surface area contributed by atoms with Crippen molar-refractivity contribution in [3.63, 3.8) is 0 Å². The van der Waals surface area contributed by atoms with Gasteiger partial charge >= 0.3 is 0 Å². The molecule has 5 rings (SSSR count). The molecule has 2 aromatic rings. The van der Waals surface area contributed by atoms with Crippen molar-refractivity contribution in [2.24, 2.45) is 5.92 Å². The Morgan fingerprint density at radius 3 is 2.25 bits per heavy atom. The molecule has 3 heterocycles. The van der Waals surface area contributed by atoms with Gasteiger partial charge in [-0.15, -0.1) is 0 Å². The van der Waals surface area contributed by atoms with E-state index in [2.05, 4.69) is 17.9 Å². The third-order valence-electron chi connectivity index (χ3n) is 6.54. The van der Waals surface area contributed by atoms with Gasteiger partial charge in [-0.25, -0.2) is 0 Å². The minimum atomic E-state index is -0.116. The first-order valence-electron chi connectivity index (χ1n) is 10.9. The van der Waals surface area contributed by atoms with Crippen LogP contribution in [-0.2, 0) is 4.74 Å². The van der Waals surface area contributed by atoms with Gasteiger partial charge in [0.25, 0.3) is 0 Å². The molecule has 0 aliphatic carbocycles. The van der Waals surface area contributed by atoms with Crippen molar-refractivity contribution in [3.05, 3.63) is 35.4 Å². The molecular weight excluding hydrogens is 414 g/mol. The average molecular weight is 443 g/mol. The van der Waals surface area contributed by atoms with Crippen LogP contribution in [0.15, 0.2) is 24.3 Å². The summed E-state index contributed by atoms with van der Waals surface area (Å²) in [5.41, 5.74) is 2.05. The largest absolute Gasteiger partial charge is 0.493 e. The molecule has 0 saturated carbocycles. The topological polar surface area (TPSA) is 67.9 Å². The van der Waals surface area contributed by atoms with Crippen molar-refractivity contribution in [1.82, 2.24) is 4.90 Å². The van der Waals surface area contributed by atoms with Crippen molar-refractivity contribution >= 4 is 0 Å². The lowest BCUT2D eigenvalue weighted by Gasteiger charge is -2.44. The zero-order valence-corrected chi connectivity index (χ0v) is 18.9. The summed E-state index contributed by atoms with van der Waals surface area (Å²) >= 11 is 0. The van der Waals surface area contributed by atoms with E-state index < -0.39 is 0 Å². The monoisotopic (exact) mass is 443 g/mol. The number of rotatable bonds is 5. The first-order chi connectivity index (χ1) is 15.7.